The number of hydrogen-bond donors (Lipinski definition) is 1. The highest BCUT2D eigenvalue weighted by Crippen LogP contribution is 2.28. The van der Waals surface area contributed by atoms with Crippen molar-refractivity contribution in [1.29, 1.82) is 0 Å². The third-order valence-electron chi connectivity index (χ3n) is 5.72. The van der Waals surface area contributed by atoms with Crippen LogP contribution in [0.5, 0.6) is 5.75 Å². The third kappa shape index (κ3) is 4.77. The number of carbonyl (C=O) groups excluding carboxylic acids is 1. The molecule has 1 aromatic carbocycles. The van der Waals surface area contributed by atoms with E-state index in [4.69, 9.17) is 4.74 Å². The number of aromatic nitrogens is 1. The minimum absolute atomic E-state index is 0. The molecule has 2 aliphatic rings. The van der Waals surface area contributed by atoms with Crippen LogP contribution in [0, 0.1) is 11.8 Å². The highest BCUT2D eigenvalue weighted by Gasteiger charge is 2.31. The quantitative estimate of drug-likeness (QED) is 0.817. The van der Waals surface area contributed by atoms with Gasteiger partial charge in [0.2, 0.25) is 0 Å². The number of nitrogens with zero attached hydrogens (tertiary/aromatic N) is 2. The van der Waals surface area contributed by atoms with Crippen LogP contribution in [0.4, 0.5) is 0 Å². The van der Waals surface area contributed by atoms with E-state index in [1.807, 2.05) is 35.2 Å². The fourth-order valence-electron chi connectivity index (χ4n) is 4.10. The summed E-state index contributed by atoms with van der Waals surface area (Å²) in [7, 11) is 1.65. The number of benzene rings is 1. The zero-order valence-electron chi connectivity index (χ0n) is 16.0. The second-order valence-corrected chi connectivity index (χ2v) is 7.24. The van der Waals surface area contributed by atoms with Gasteiger partial charge in [0, 0.05) is 31.0 Å². The van der Waals surface area contributed by atoms with Gasteiger partial charge >= 0.3 is 0 Å². The van der Waals surface area contributed by atoms with Gasteiger partial charge in [0.05, 0.1) is 12.7 Å². The molecule has 2 atom stereocenters. The molecule has 0 radical (unpaired) electrons. The largest absolute Gasteiger partial charge is 0.497 e. The lowest BCUT2D eigenvalue weighted by atomic mass is 9.92. The van der Waals surface area contributed by atoms with Crippen molar-refractivity contribution in [2.24, 2.45) is 11.8 Å². The number of ether oxygens (including phenoxy) is 1. The van der Waals surface area contributed by atoms with Gasteiger partial charge in [0.25, 0.3) is 5.91 Å². The first kappa shape index (κ1) is 22.5. The van der Waals surface area contributed by atoms with E-state index in [9.17, 15) is 4.79 Å². The van der Waals surface area contributed by atoms with E-state index in [-0.39, 0.29) is 30.7 Å². The molecule has 1 aromatic heterocycles. The first-order valence-corrected chi connectivity index (χ1v) is 9.34. The zero-order valence-corrected chi connectivity index (χ0v) is 17.6. The molecule has 4 rings (SSSR count). The fourth-order valence-corrected chi connectivity index (χ4v) is 4.10. The van der Waals surface area contributed by atoms with Crippen LogP contribution in [-0.2, 0) is 0 Å². The maximum absolute atomic E-state index is 13.0. The van der Waals surface area contributed by atoms with Gasteiger partial charge in [-0.1, -0.05) is 12.1 Å². The molecule has 2 aliphatic heterocycles. The van der Waals surface area contributed by atoms with E-state index in [0.717, 1.165) is 67.7 Å². The summed E-state index contributed by atoms with van der Waals surface area (Å²) in [6, 6.07) is 9.77. The summed E-state index contributed by atoms with van der Waals surface area (Å²) in [6.07, 6.45) is 5.67. The molecule has 152 valence electrons. The summed E-state index contributed by atoms with van der Waals surface area (Å²) in [5.41, 5.74) is 2.65. The number of carbonyl (C=O) groups is 1. The molecule has 1 N–H and O–H groups in total. The molecule has 2 aromatic rings. The Morgan fingerprint density at radius 1 is 1.04 bits per heavy atom. The molecule has 0 saturated carbocycles. The average molecular weight is 424 g/mol. The normalized spacial score (nSPS) is 21.0. The highest BCUT2D eigenvalue weighted by atomic mass is 35.5. The number of halogens is 2. The Morgan fingerprint density at radius 3 is 2.29 bits per heavy atom. The molecular weight excluding hydrogens is 397 g/mol. The van der Waals surface area contributed by atoms with Crippen molar-refractivity contribution in [3.63, 3.8) is 0 Å². The van der Waals surface area contributed by atoms with Crippen molar-refractivity contribution in [1.82, 2.24) is 15.2 Å². The van der Waals surface area contributed by atoms with Gasteiger partial charge in [-0.3, -0.25) is 9.78 Å². The summed E-state index contributed by atoms with van der Waals surface area (Å²) in [6.45, 7) is 3.88. The van der Waals surface area contributed by atoms with Crippen LogP contribution in [0.2, 0.25) is 0 Å². The maximum Gasteiger partial charge on any atom is 0.255 e. The van der Waals surface area contributed by atoms with Gasteiger partial charge in [0.1, 0.15) is 5.75 Å². The van der Waals surface area contributed by atoms with Gasteiger partial charge in [-0.05, 0) is 61.5 Å². The Kier molecular flexibility index (Phi) is 8.10. The number of likely N-dealkylation sites (tertiary alicyclic amines) is 1. The monoisotopic (exact) mass is 423 g/mol. The molecule has 2 saturated heterocycles. The summed E-state index contributed by atoms with van der Waals surface area (Å²) in [4.78, 5) is 19.3. The standard InChI is InChI=1S/C21H25N3O2.2ClH/c1-26-20-4-2-15(3-5-20)18-10-19(14-23-13-18)21(25)24-8-6-16-11-22-12-17(16)7-9-24;;/h2-5,10,13-14,16-17,22H,6-9,11-12H2,1H3;2*1H/t16-,17+;;. The van der Waals surface area contributed by atoms with Crippen LogP contribution in [0.25, 0.3) is 11.1 Å². The molecule has 7 heteroatoms. The fraction of sp³-hybridized carbons (Fsp3) is 0.429. The number of rotatable bonds is 3. The number of hydrogen-bond acceptors (Lipinski definition) is 4. The molecule has 1 amide bonds. The molecule has 28 heavy (non-hydrogen) atoms. The van der Waals surface area contributed by atoms with E-state index >= 15 is 0 Å². The lowest BCUT2D eigenvalue weighted by Gasteiger charge is -2.21. The van der Waals surface area contributed by atoms with Crippen molar-refractivity contribution in [3.05, 3.63) is 48.3 Å². The average Bonchev–Trinajstić information content (AvgIpc) is 3.06. The SMILES string of the molecule is COc1ccc(-c2cncc(C(=O)N3CC[C@@H]4CNC[C@@H]4CC3)c2)cc1.Cl.Cl. The molecule has 5 nitrogen and oxygen atoms in total. The molecule has 0 aliphatic carbocycles. The number of methoxy groups -OCH3 is 1. The Hall–Kier alpha value is -1.82. The Balaban J connectivity index is 0.00000140. The van der Waals surface area contributed by atoms with Crippen LogP contribution in [0.3, 0.4) is 0 Å². The van der Waals surface area contributed by atoms with Gasteiger partial charge in [0.15, 0.2) is 0 Å². The van der Waals surface area contributed by atoms with E-state index in [0.29, 0.717) is 5.56 Å². The lowest BCUT2D eigenvalue weighted by molar-refractivity contribution is 0.0758. The van der Waals surface area contributed by atoms with Crippen LogP contribution in [0.1, 0.15) is 23.2 Å². The van der Waals surface area contributed by atoms with Crippen LogP contribution >= 0.6 is 24.8 Å². The number of fused-ring (bicyclic) bond motifs is 1. The first-order valence-electron chi connectivity index (χ1n) is 9.34. The maximum atomic E-state index is 13.0. The molecule has 0 spiro atoms. The predicted octanol–water partition coefficient (Wildman–Crippen LogP) is 3.67. The summed E-state index contributed by atoms with van der Waals surface area (Å²) >= 11 is 0. The van der Waals surface area contributed by atoms with E-state index in [1.165, 1.54) is 0 Å². The Morgan fingerprint density at radius 2 is 1.68 bits per heavy atom. The topological polar surface area (TPSA) is 54.5 Å². The van der Waals surface area contributed by atoms with Crippen molar-refractivity contribution in [2.45, 2.75) is 12.8 Å². The van der Waals surface area contributed by atoms with E-state index in [2.05, 4.69) is 10.3 Å². The van der Waals surface area contributed by atoms with E-state index < -0.39 is 0 Å². The number of pyridine rings is 1. The number of nitrogens with one attached hydrogen (secondary N) is 1. The van der Waals surface area contributed by atoms with Gasteiger partial charge < -0.3 is 15.0 Å². The van der Waals surface area contributed by atoms with Gasteiger partial charge in [-0.25, -0.2) is 0 Å². The van der Waals surface area contributed by atoms with Crippen LogP contribution < -0.4 is 10.1 Å². The molecular formula is C21H27Cl2N3O2. The van der Waals surface area contributed by atoms with Crippen molar-refractivity contribution in [3.8, 4) is 16.9 Å². The third-order valence-corrected chi connectivity index (χ3v) is 5.72. The summed E-state index contributed by atoms with van der Waals surface area (Å²) < 4.78 is 5.21. The van der Waals surface area contributed by atoms with Gasteiger partial charge in [-0.15, -0.1) is 24.8 Å². The Bertz CT molecular complexity index is 771. The molecule has 2 fully saturated rings. The zero-order chi connectivity index (χ0) is 17.9. The van der Waals surface area contributed by atoms with Crippen LogP contribution in [0.15, 0.2) is 42.7 Å². The van der Waals surface area contributed by atoms with E-state index in [1.54, 1.807) is 19.5 Å². The van der Waals surface area contributed by atoms with Crippen molar-refractivity contribution < 1.29 is 9.53 Å². The minimum atomic E-state index is 0. The summed E-state index contributed by atoms with van der Waals surface area (Å²) in [5, 5.41) is 3.48. The smallest absolute Gasteiger partial charge is 0.255 e. The molecule has 3 heterocycles. The minimum Gasteiger partial charge on any atom is -0.497 e. The second kappa shape index (κ2) is 10.1. The highest BCUT2D eigenvalue weighted by molar-refractivity contribution is 5.95. The number of amides is 1. The van der Waals surface area contributed by atoms with Crippen LogP contribution in [-0.4, -0.2) is 49.1 Å². The molecule has 0 unspecified atom stereocenters. The lowest BCUT2D eigenvalue weighted by Crippen LogP contribution is -2.32. The van der Waals surface area contributed by atoms with Gasteiger partial charge in [-0.2, -0.15) is 0 Å². The molecule has 0 bridgehead atoms. The van der Waals surface area contributed by atoms with Crippen molar-refractivity contribution in [2.75, 3.05) is 33.3 Å². The summed E-state index contributed by atoms with van der Waals surface area (Å²) in [5.74, 6) is 2.35. The second-order valence-electron chi connectivity index (χ2n) is 7.24. The first-order chi connectivity index (χ1) is 12.7. The van der Waals surface area contributed by atoms with Crippen molar-refractivity contribution >= 4 is 30.7 Å². The predicted molar refractivity (Wildman–Crippen MR) is 116 cm³/mol. The Labute approximate surface area is 178 Å².